The second-order valence-corrected chi connectivity index (χ2v) is 14.8. The highest BCUT2D eigenvalue weighted by atomic mass is 16.3. The van der Waals surface area contributed by atoms with Crippen molar-refractivity contribution in [1.29, 1.82) is 0 Å². The summed E-state index contributed by atoms with van der Waals surface area (Å²) in [5.74, 6) is 4.09. The van der Waals surface area contributed by atoms with Gasteiger partial charge in [0, 0.05) is 0 Å². The second-order valence-electron chi connectivity index (χ2n) is 14.8. The average Bonchev–Trinajstić information content (AvgIpc) is 3.31. The summed E-state index contributed by atoms with van der Waals surface area (Å²) in [5, 5.41) is 10.9. The highest BCUT2D eigenvalue weighted by Gasteiger charge is 2.82. The van der Waals surface area contributed by atoms with Crippen LogP contribution in [0.2, 0.25) is 0 Å². The van der Waals surface area contributed by atoms with E-state index >= 15 is 0 Å². The molecule has 3 unspecified atom stereocenters. The van der Waals surface area contributed by atoms with Gasteiger partial charge in [-0.2, -0.15) is 0 Å². The molecule has 0 aromatic heterocycles. The lowest BCUT2D eigenvalue weighted by Crippen LogP contribution is -2.57. The Bertz CT molecular complexity index is 781. The number of aliphatic hydroxyl groups excluding tert-OH is 1. The number of rotatable bonds is 5. The van der Waals surface area contributed by atoms with Crippen LogP contribution < -0.4 is 0 Å². The van der Waals surface area contributed by atoms with Crippen molar-refractivity contribution in [1.82, 2.24) is 0 Å². The molecule has 5 rings (SSSR count). The summed E-state index contributed by atoms with van der Waals surface area (Å²) in [4.78, 5) is 0. The van der Waals surface area contributed by atoms with E-state index in [1.165, 1.54) is 69.8 Å². The summed E-state index contributed by atoms with van der Waals surface area (Å²) in [6.07, 6.45) is 15.1. The molecule has 0 saturated heterocycles. The van der Waals surface area contributed by atoms with E-state index in [0.29, 0.717) is 27.6 Å². The predicted molar refractivity (Wildman–Crippen MR) is 135 cm³/mol. The van der Waals surface area contributed by atoms with E-state index < -0.39 is 0 Å². The quantitative estimate of drug-likeness (QED) is 0.425. The first-order chi connectivity index (χ1) is 14.9. The van der Waals surface area contributed by atoms with Gasteiger partial charge >= 0.3 is 0 Å². The van der Waals surface area contributed by atoms with Gasteiger partial charge < -0.3 is 5.11 Å². The van der Waals surface area contributed by atoms with Gasteiger partial charge in [0.25, 0.3) is 0 Å². The third kappa shape index (κ3) is 2.73. The Kier molecular flexibility index (Phi) is 5.21. The smallest absolute Gasteiger partial charge is 0.0594 e. The van der Waals surface area contributed by atoms with E-state index in [1.807, 2.05) is 0 Å². The average molecular weight is 441 g/mol. The standard InChI is InChI=1S/C31H52O/c1-20(2)21(3)9-10-22(4)23-13-15-29(8)25-12-11-24-27(5,6)26(32)14-16-30(24)19-31(25,30)18-17-28(23,29)7/h21-26,32H,1,9-19H2,2-8H3/t21-,22+,23+,24?,25-,26+,28+,29-,30?,31?/m0/s1. The van der Waals surface area contributed by atoms with Gasteiger partial charge in [-0.25, -0.2) is 0 Å². The summed E-state index contributed by atoms with van der Waals surface area (Å²) in [6.45, 7) is 21.6. The van der Waals surface area contributed by atoms with Gasteiger partial charge in [-0.05, 0) is 134 Å². The molecule has 0 aliphatic heterocycles. The molecule has 182 valence electrons. The topological polar surface area (TPSA) is 20.2 Å². The lowest BCUT2D eigenvalue weighted by atomic mass is 9.41. The van der Waals surface area contributed by atoms with Gasteiger partial charge in [0.1, 0.15) is 0 Å². The van der Waals surface area contributed by atoms with Crippen LogP contribution in [0.3, 0.4) is 0 Å². The summed E-state index contributed by atoms with van der Waals surface area (Å²) in [6, 6.07) is 0. The molecule has 0 radical (unpaired) electrons. The molecule has 1 nitrogen and oxygen atoms in total. The Hall–Kier alpha value is -0.300. The fraction of sp³-hybridized carbons (Fsp3) is 0.935. The highest BCUT2D eigenvalue weighted by Crippen LogP contribution is 2.89. The molecule has 10 atom stereocenters. The van der Waals surface area contributed by atoms with Crippen LogP contribution in [0.25, 0.3) is 0 Å². The molecular formula is C31H52O. The van der Waals surface area contributed by atoms with Crippen molar-refractivity contribution in [3.63, 3.8) is 0 Å². The third-order valence-corrected chi connectivity index (χ3v) is 13.7. The monoisotopic (exact) mass is 440 g/mol. The Labute approximate surface area is 199 Å². The van der Waals surface area contributed by atoms with E-state index in [2.05, 4.69) is 55.0 Å². The minimum Gasteiger partial charge on any atom is -0.393 e. The molecule has 0 heterocycles. The molecular weight excluding hydrogens is 388 g/mol. The zero-order valence-corrected chi connectivity index (χ0v) is 22.4. The summed E-state index contributed by atoms with van der Waals surface area (Å²) >= 11 is 0. The molecule has 0 bridgehead atoms. The number of allylic oxidation sites excluding steroid dienone is 1. The Morgan fingerprint density at radius 1 is 0.844 bits per heavy atom. The molecule has 5 fully saturated rings. The Morgan fingerprint density at radius 3 is 2.19 bits per heavy atom. The van der Waals surface area contributed by atoms with Crippen molar-refractivity contribution in [2.45, 2.75) is 125 Å². The van der Waals surface area contributed by atoms with Gasteiger partial charge in [-0.15, -0.1) is 0 Å². The van der Waals surface area contributed by atoms with Crippen molar-refractivity contribution in [2.75, 3.05) is 0 Å². The summed E-state index contributed by atoms with van der Waals surface area (Å²) < 4.78 is 0. The first kappa shape index (κ1) is 23.4. The maximum absolute atomic E-state index is 10.9. The van der Waals surface area contributed by atoms with Crippen molar-refractivity contribution in [2.24, 2.45) is 56.7 Å². The minimum atomic E-state index is -0.0879. The van der Waals surface area contributed by atoms with Crippen LogP contribution in [0.5, 0.6) is 0 Å². The summed E-state index contributed by atoms with van der Waals surface area (Å²) in [5.41, 5.74) is 3.71. The van der Waals surface area contributed by atoms with Crippen LogP contribution in [-0.2, 0) is 0 Å². The van der Waals surface area contributed by atoms with Gasteiger partial charge in [-0.3, -0.25) is 0 Å². The van der Waals surface area contributed by atoms with Gasteiger partial charge in [0.15, 0.2) is 0 Å². The molecule has 0 amide bonds. The number of hydrogen-bond acceptors (Lipinski definition) is 1. The number of aliphatic hydroxyl groups is 1. The molecule has 5 saturated carbocycles. The van der Waals surface area contributed by atoms with Gasteiger partial charge in [0.2, 0.25) is 0 Å². The Morgan fingerprint density at radius 2 is 1.50 bits per heavy atom. The van der Waals surface area contributed by atoms with Crippen LogP contribution in [-0.4, -0.2) is 11.2 Å². The van der Waals surface area contributed by atoms with Crippen molar-refractivity contribution in [3.05, 3.63) is 12.2 Å². The molecule has 1 N–H and O–H groups in total. The van der Waals surface area contributed by atoms with E-state index in [1.54, 1.807) is 0 Å². The SMILES string of the molecule is C=C(C)[C@@H](C)CC[C@@H](C)[C@H]1CC[C@@]2(C)[C@@H]3CCC4C(C)(C)[C@H](O)CCC45CC35CC[C@]12C. The molecule has 0 aromatic carbocycles. The van der Waals surface area contributed by atoms with E-state index in [4.69, 9.17) is 0 Å². The fourth-order valence-electron chi connectivity index (χ4n) is 11.3. The molecule has 2 spiro atoms. The van der Waals surface area contributed by atoms with E-state index in [-0.39, 0.29) is 11.5 Å². The maximum atomic E-state index is 10.9. The zero-order chi connectivity index (χ0) is 23.3. The maximum Gasteiger partial charge on any atom is 0.0594 e. The van der Waals surface area contributed by atoms with Crippen LogP contribution in [0.1, 0.15) is 119 Å². The lowest BCUT2D eigenvalue weighted by Gasteiger charge is -2.63. The van der Waals surface area contributed by atoms with Gasteiger partial charge in [-0.1, -0.05) is 53.7 Å². The van der Waals surface area contributed by atoms with Crippen LogP contribution in [0.15, 0.2) is 12.2 Å². The van der Waals surface area contributed by atoms with Crippen LogP contribution in [0.4, 0.5) is 0 Å². The van der Waals surface area contributed by atoms with E-state index in [9.17, 15) is 5.11 Å². The van der Waals surface area contributed by atoms with Gasteiger partial charge in [0.05, 0.1) is 6.10 Å². The molecule has 1 heteroatoms. The van der Waals surface area contributed by atoms with Crippen molar-refractivity contribution < 1.29 is 5.11 Å². The minimum absolute atomic E-state index is 0.0879. The molecule has 5 aliphatic carbocycles. The van der Waals surface area contributed by atoms with E-state index in [0.717, 1.165) is 30.1 Å². The first-order valence-electron chi connectivity index (χ1n) is 14.2. The van der Waals surface area contributed by atoms with Crippen molar-refractivity contribution >= 4 is 0 Å². The zero-order valence-electron chi connectivity index (χ0n) is 22.4. The van der Waals surface area contributed by atoms with Crippen LogP contribution in [0, 0.1) is 56.7 Å². The molecule has 0 aromatic rings. The predicted octanol–water partition coefficient (Wildman–Crippen LogP) is 8.41. The molecule has 32 heavy (non-hydrogen) atoms. The summed E-state index contributed by atoms with van der Waals surface area (Å²) in [7, 11) is 0. The normalized spacial score (nSPS) is 52.8. The fourth-order valence-corrected chi connectivity index (χ4v) is 11.3. The first-order valence-corrected chi connectivity index (χ1v) is 14.2. The molecule has 5 aliphatic rings. The number of hydrogen-bond donors (Lipinski definition) is 1. The van der Waals surface area contributed by atoms with Crippen molar-refractivity contribution in [3.8, 4) is 0 Å². The highest BCUT2D eigenvalue weighted by molar-refractivity contribution is 5.30. The second kappa shape index (κ2) is 7.11. The van der Waals surface area contributed by atoms with Crippen LogP contribution >= 0.6 is 0 Å². The third-order valence-electron chi connectivity index (χ3n) is 13.7. The largest absolute Gasteiger partial charge is 0.393 e. The Balaban J connectivity index is 1.39. The lowest BCUT2D eigenvalue weighted by molar-refractivity contribution is -0.161. The number of fused-ring (bicyclic) bond motifs is 2.